The van der Waals surface area contributed by atoms with Gasteiger partial charge in [-0.2, -0.15) is 0 Å². The van der Waals surface area contributed by atoms with E-state index in [0.717, 1.165) is 12.8 Å². The van der Waals surface area contributed by atoms with Crippen molar-refractivity contribution >= 4 is 11.9 Å². The Hall–Kier alpha value is -1.84. The largest absolute Gasteiger partial charge is 0.465 e. The monoisotopic (exact) mass is 432 g/mol. The van der Waals surface area contributed by atoms with E-state index in [0.29, 0.717) is 17.7 Å². The molecule has 0 saturated carbocycles. The fourth-order valence-corrected chi connectivity index (χ4v) is 3.76. The van der Waals surface area contributed by atoms with Gasteiger partial charge in [0.2, 0.25) is 0 Å². The van der Waals surface area contributed by atoms with Gasteiger partial charge in [-0.1, -0.05) is 103 Å². The molecule has 0 bridgehead atoms. The number of unbranched alkanes of at least 4 members (excludes halogenated alkanes) is 15. The molecule has 1 rings (SSSR count). The molecular formula is C27H44O4. The van der Waals surface area contributed by atoms with Gasteiger partial charge in [0.25, 0.3) is 0 Å². The number of hydrogen-bond donors (Lipinski definition) is 0. The van der Waals surface area contributed by atoms with Crippen molar-refractivity contribution in [3.63, 3.8) is 0 Å². The molecule has 0 aliphatic heterocycles. The summed E-state index contributed by atoms with van der Waals surface area (Å²) in [5, 5.41) is 0. The summed E-state index contributed by atoms with van der Waals surface area (Å²) >= 11 is 0. The maximum Gasteiger partial charge on any atom is 0.338 e. The van der Waals surface area contributed by atoms with E-state index in [2.05, 4.69) is 11.7 Å². The van der Waals surface area contributed by atoms with Crippen LogP contribution in [-0.2, 0) is 9.47 Å². The minimum atomic E-state index is -0.409. The second-order valence-corrected chi connectivity index (χ2v) is 8.51. The van der Waals surface area contributed by atoms with Crippen LogP contribution < -0.4 is 0 Å². The third kappa shape index (κ3) is 14.0. The second kappa shape index (κ2) is 18.9. The van der Waals surface area contributed by atoms with Crippen LogP contribution >= 0.6 is 0 Å². The number of methoxy groups -OCH3 is 1. The van der Waals surface area contributed by atoms with Gasteiger partial charge in [-0.25, -0.2) is 9.59 Å². The Bertz CT molecular complexity index is 579. The Morgan fingerprint density at radius 1 is 0.581 bits per heavy atom. The normalized spacial score (nSPS) is 10.8. The van der Waals surface area contributed by atoms with Crippen LogP contribution in [0.1, 0.15) is 130 Å². The molecule has 0 aliphatic carbocycles. The van der Waals surface area contributed by atoms with Crippen LogP contribution in [0.5, 0.6) is 0 Å². The van der Waals surface area contributed by atoms with E-state index in [9.17, 15) is 9.59 Å². The second-order valence-electron chi connectivity index (χ2n) is 8.51. The summed E-state index contributed by atoms with van der Waals surface area (Å²) in [6, 6.07) is 6.36. The van der Waals surface area contributed by atoms with Gasteiger partial charge in [-0.15, -0.1) is 0 Å². The maximum atomic E-state index is 12.0. The standard InChI is InChI=1S/C27H44O4/c1-3-4-5-6-7-8-9-10-11-12-13-14-15-16-17-18-23-31-27(29)25-21-19-24(20-22-25)26(28)30-2/h19-22H,3-18,23H2,1-2H3. The van der Waals surface area contributed by atoms with E-state index in [-0.39, 0.29) is 5.97 Å². The van der Waals surface area contributed by atoms with Gasteiger partial charge in [-0.3, -0.25) is 0 Å². The fraction of sp³-hybridized carbons (Fsp3) is 0.704. The molecule has 4 heteroatoms. The molecule has 0 saturated heterocycles. The molecule has 31 heavy (non-hydrogen) atoms. The van der Waals surface area contributed by atoms with Crippen molar-refractivity contribution < 1.29 is 19.1 Å². The molecule has 0 atom stereocenters. The molecule has 1 aromatic carbocycles. The van der Waals surface area contributed by atoms with Crippen LogP contribution in [0.2, 0.25) is 0 Å². The number of hydrogen-bond acceptors (Lipinski definition) is 4. The highest BCUT2D eigenvalue weighted by molar-refractivity contribution is 5.93. The Kier molecular flexibility index (Phi) is 16.6. The lowest BCUT2D eigenvalue weighted by Crippen LogP contribution is -2.07. The van der Waals surface area contributed by atoms with Gasteiger partial charge in [-0.05, 0) is 30.7 Å². The topological polar surface area (TPSA) is 52.6 Å². The van der Waals surface area contributed by atoms with Crippen molar-refractivity contribution in [3.8, 4) is 0 Å². The Labute approximate surface area is 190 Å². The predicted octanol–water partition coefficient (Wildman–Crippen LogP) is 7.89. The molecular weight excluding hydrogens is 388 g/mol. The molecule has 0 heterocycles. The van der Waals surface area contributed by atoms with Crippen LogP contribution in [0.3, 0.4) is 0 Å². The molecule has 0 amide bonds. The van der Waals surface area contributed by atoms with E-state index in [1.54, 1.807) is 24.3 Å². The maximum absolute atomic E-state index is 12.0. The number of esters is 2. The molecule has 0 N–H and O–H groups in total. The number of carbonyl (C=O) groups is 2. The SMILES string of the molecule is CCCCCCCCCCCCCCCCCCOC(=O)c1ccc(C(=O)OC)cc1. The van der Waals surface area contributed by atoms with E-state index in [4.69, 9.17) is 4.74 Å². The van der Waals surface area contributed by atoms with Crippen LogP contribution in [0.25, 0.3) is 0 Å². The molecule has 0 aliphatic rings. The lowest BCUT2D eigenvalue weighted by molar-refractivity contribution is 0.0495. The molecule has 0 aromatic heterocycles. The Morgan fingerprint density at radius 3 is 1.32 bits per heavy atom. The van der Waals surface area contributed by atoms with Gasteiger partial charge in [0.15, 0.2) is 0 Å². The van der Waals surface area contributed by atoms with Gasteiger partial charge < -0.3 is 9.47 Å². The molecule has 4 nitrogen and oxygen atoms in total. The average Bonchev–Trinajstić information content (AvgIpc) is 2.80. The van der Waals surface area contributed by atoms with Crippen molar-refractivity contribution in [1.29, 1.82) is 0 Å². The molecule has 0 spiro atoms. The van der Waals surface area contributed by atoms with Crippen molar-refractivity contribution in [2.24, 2.45) is 0 Å². The highest BCUT2D eigenvalue weighted by Crippen LogP contribution is 2.14. The average molecular weight is 433 g/mol. The summed E-state index contributed by atoms with van der Waals surface area (Å²) in [5.74, 6) is -0.745. The third-order valence-electron chi connectivity index (χ3n) is 5.77. The number of benzene rings is 1. The van der Waals surface area contributed by atoms with E-state index >= 15 is 0 Å². The fourth-order valence-electron chi connectivity index (χ4n) is 3.76. The molecule has 0 unspecified atom stereocenters. The third-order valence-corrected chi connectivity index (χ3v) is 5.77. The first kappa shape index (κ1) is 27.2. The highest BCUT2D eigenvalue weighted by Gasteiger charge is 2.09. The smallest absolute Gasteiger partial charge is 0.338 e. The van der Waals surface area contributed by atoms with Crippen molar-refractivity contribution in [2.45, 2.75) is 110 Å². The minimum absolute atomic E-state index is 0.336. The van der Waals surface area contributed by atoms with Gasteiger partial charge >= 0.3 is 11.9 Å². The van der Waals surface area contributed by atoms with Crippen molar-refractivity contribution in [1.82, 2.24) is 0 Å². The molecule has 0 radical (unpaired) electrons. The zero-order valence-electron chi connectivity index (χ0n) is 20.0. The zero-order valence-corrected chi connectivity index (χ0v) is 20.0. The van der Waals surface area contributed by atoms with Crippen molar-refractivity contribution in [3.05, 3.63) is 35.4 Å². The van der Waals surface area contributed by atoms with Crippen molar-refractivity contribution in [2.75, 3.05) is 13.7 Å². The Balaban J connectivity index is 1.88. The number of ether oxygens (including phenoxy) is 2. The zero-order chi connectivity index (χ0) is 22.6. The predicted molar refractivity (Wildman–Crippen MR) is 128 cm³/mol. The summed E-state index contributed by atoms with van der Waals surface area (Å²) in [5.41, 5.74) is 0.890. The highest BCUT2D eigenvalue weighted by atomic mass is 16.5. The van der Waals surface area contributed by atoms with Crippen LogP contribution in [0.4, 0.5) is 0 Å². The lowest BCUT2D eigenvalue weighted by atomic mass is 10.0. The van der Waals surface area contributed by atoms with Crippen LogP contribution in [0.15, 0.2) is 24.3 Å². The summed E-state index contributed by atoms with van der Waals surface area (Å²) in [6.07, 6.45) is 21.2. The minimum Gasteiger partial charge on any atom is -0.465 e. The first-order valence-corrected chi connectivity index (χ1v) is 12.5. The summed E-state index contributed by atoms with van der Waals surface area (Å²) in [6.45, 7) is 2.73. The van der Waals surface area contributed by atoms with Crippen LogP contribution in [-0.4, -0.2) is 25.7 Å². The van der Waals surface area contributed by atoms with E-state index in [1.165, 1.54) is 97.0 Å². The van der Waals surface area contributed by atoms with E-state index < -0.39 is 5.97 Å². The Morgan fingerprint density at radius 2 is 0.935 bits per heavy atom. The van der Waals surface area contributed by atoms with E-state index in [1.807, 2.05) is 0 Å². The summed E-state index contributed by atoms with van der Waals surface area (Å²) < 4.78 is 9.97. The molecule has 176 valence electrons. The van der Waals surface area contributed by atoms with Gasteiger partial charge in [0, 0.05) is 0 Å². The molecule has 0 fully saturated rings. The lowest BCUT2D eigenvalue weighted by Gasteiger charge is -2.06. The van der Waals surface area contributed by atoms with Crippen LogP contribution in [0, 0.1) is 0 Å². The first-order valence-electron chi connectivity index (χ1n) is 12.5. The molecule has 1 aromatic rings. The number of carbonyl (C=O) groups excluding carboxylic acids is 2. The summed E-state index contributed by atoms with van der Waals surface area (Å²) in [4.78, 5) is 23.4. The number of rotatable bonds is 19. The summed E-state index contributed by atoms with van der Waals surface area (Å²) in [7, 11) is 1.34. The first-order chi connectivity index (χ1) is 15.2. The quantitative estimate of drug-likeness (QED) is 0.165. The van der Waals surface area contributed by atoms with Gasteiger partial charge in [0.05, 0.1) is 24.8 Å². The van der Waals surface area contributed by atoms with Gasteiger partial charge in [0.1, 0.15) is 0 Å².